The summed E-state index contributed by atoms with van der Waals surface area (Å²) in [5, 5.41) is 2.22. The van der Waals surface area contributed by atoms with Gasteiger partial charge in [0, 0.05) is 6.61 Å². The molecule has 1 aliphatic rings. The molecule has 0 saturated carbocycles. The number of hydrogen-bond donors (Lipinski definition) is 1. The van der Waals surface area contributed by atoms with Crippen LogP contribution in [0.3, 0.4) is 0 Å². The molecule has 0 aliphatic carbocycles. The van der Waals surface area contributed by atoms with Crippen molar-refractivity contribution in [2.24, 2.45) is 17.8 Å². The molecule has 6 heteroatoms. The van der Waals surface area contributed by atoms with Gasteiger partial charge in [-0.3, -0.25) is 19.8 Å². The molecular formula is C14H24N2O4. The molecule has 114 valence electrons. The highest BCUT2D eigenvalue weighted by Gasteiger charge is 2.41. The predicted molar refractivity (Wildman–Crippen MR) is 73.9 cm³/mol. The van der Waals surface area contributed by atoms with Crippen LogP contribution in [0.1, 0.15) is 34.1 Å². The number of imide groups is 2. The number of nitrogens with one attached hydrogen (secondary N) is 1. The zero-order valence-corrected chi connectivity index (χ0v) is 12.6. The van der Waals surface area contributed by atoms with Crippen LogP contribution in [0, 0.1) is 17.8 Å². The minimum atomic E-state index is -0.789. The minimum Gasteiger partial charge on any atom is -0.380 e. The normalized spacial score (nSPS) is 20.0. The van der Waals surface area contributed by atoms with Crippen LogP contribution in [0.5, 0.6) is 0 Å². The van der Waals surface area contributed by atoms with Crippen molar-refractivity contribution >= 4 is 17.8 Å². The van der Waals surface area contributed by atoms with Gasteiger partial charge in [0.05, 0.1) is 13.2 Å². The van der Waals surface area contributed by atoms with Gasteiger partial charge in [-0.05, 0) is 18.3 Å². The van der Waals surface area contributed by atoms with Crippen molar-refractivity contribution in [3.8, 4) is 0 Å². The molecule has 4 amide bonds. The molecule has 0 aromatic rings. The molecule has 0 spiro atoms. The predicted octanol–water partition coefficient (Wildman–Crippen LogP) is 1.40. The molecular weight excluding hydrogens is 260 g/mol. The molecule has 0 aromatic heterocycles. The van der Waals surface area contributed by atoms with E-state index in [2.05, 4.69) is 19.2 Å². The smallest absolute Gasteiger partial charge is 0.330 e. The van der Waals surface area contributed by atoms with E-state index in [9.17, 15) is 14.4 Å². The topological polar surface area (TPSA) is 75.7 Å². The first-order valence-electron chi connectivity index (χ1n) is 7.08. The van der Waals surface area contributed by atoms with E-state index in [4.69, 9.17) is 4.74 Å². The van der Waals surface area contributed by atoms with E-state index in [0.29, 0.717) is 19.1 Å². The van der Waals surface area contributed by atoms with Gasteiger partial charge in [0.2, 0.25) is 11.8 Å². The van der Waals surface area contributed by atoms with Crippen LogP contribution in [0.4, 0.5) is 4.79 Å². The molecule has 0 radical (unpaired) electrons. The van der Waals surface area contributed by atoms with Crippen molar-refractivity contribution in [3.05, 3.63) is 0 Å². The Labute approximate surface area is 119 Å². The quantitative estimate of drug-likeness (QED) is 0.566. The molecule has 1 fully saturated rings. The third kappa shape index (κ3) is 4.30. The number of amides is 4. The third-order valence-electron chi connectivity index (χ3n) is 3.26. The molecule has 1 aliphatic heterocycles. The van der Waals surface area contributed by atoms with Crippen molar-refractivity contribution in [1.29, 1.82) is 0 Å². The van der Waals surface area contributed by atoms with Crippen LogP contribution in [0.15, 0.2) is 0 Å². The average Bonchev–Trinajstić information content (AvgIpc) is 2.30. The number of carbonyl (C=O) groups is 3. The first kappa shape index (κ1) is 16.6. The highest BCUT2D eigenvalue weighted by atomic mass is 16.5. The first-order valence-corrected chi connectivity index (χ1v) is 7.08. The molecule has 0 aromatic carbocycles. The van der Waals surface area contributed by atoms with Crippen molar-refractivity contribution in [3.63, 3.8) is 0 Å². The highest BCUT2D eigenvalue weighted by molar-refractivity contribution is 6.16. The monoisotopic (exact) mass is 284 g/mol. The summed E-state index contributed by atoms with van der Waals surface area (Å²) in [6.45, 7) is 8.86. The SMILES string of the molecule is CC(C)CCOCCN1C(=O)NC(=O)C(C(C)C)C1=O. The summed E-state index contributed by atoms with van der Waals surface area (Å²) in [7, 11) is 0. The molecule has 1 unspecified atom stereocenters. The highest BCUT2D eigenvalue weighted by Crippen LogP contribution is 2.18. The van der Waals surface area contributed by atoms with Gasteiger partial charge < -0.3 is 4.74 Å². The van der Waals surface area contributed by atoms with E-state index in [0.717, 1.165) is 11.3 Å². The standard InChI is InChI=1S/C14H24N2O4/c1-9(2)5-7-20-8-6-16-13(18)11(10(3)4)12(17)15-14(16)19/h9-11H,5-8H2,1-4H3,(H,15,17,19). The lowest BCUT2D eigenvalue weighted by molar-refractivity contribution is -0.144. The summed E-state index contributed by atoms with van der Waals surface area (Å²) in [4.78, 5) is 36.5. The van der Waals surface area contributed by atoms with E-state index in [-0.39, 0.29) is 12.5 Å². The number of nitrogens with zero attached hydrogens (tertiary/aromatic N) is 1. The van der Waals surface area contributed by atoms with Gasteiger partial charge in [0.25, 0.3) is 0 Å². The van der Waals surface area contributed by atoms with Crippen molar-refractivity contribution in [2.45, 2.75) is 34.1 Å². The Hall–Kier alpha value is -1.43. The number of ether oxygens (including phenoxy) is 1. The maximum atomic E-state index is 12.1. The van der Waals surface area contributed by atoms with Crippen LogP contribution in [0.2, 0.25) is 0 Å². The van der Waals surface area contributed by atoms with Gasteiger partial charge in [0.15, 0.2) is 0 Å². The molecule has 1 heterocycles. The van der Waals surface area contributed by atoms with E-state index in [1.165, 1.54) is 0 Å². The van der Waals surface area contributed by atoms with Crippen molar-refractivity contribution in [2.75, 3.05) is 19.8 Å². The van der Waals surface area contributed by atoms with E-state index in [1.54, 1.807) is 13.8 Å². The van der Waals surface area contributed by atoms with Gasteiger partial charge in [-0.2, -0.15) is 0 Å². The van der Waals surface area contributed by atoms with E-state index in [1.807, 2.05) is 0 Å². The average molecular weight is 284 g/mol. The second kappa shape index (κ2) is 7.38. The van der Waals surface area contributed by atoms with Crippen molar-refractivity contribution < 1.29 is 19.1 Å². The summed E-state index contributed by atoms with van der Waals surface area (Å²) >= 11 is 0. The summed E-state index contributed by atoms with van der Waals surface area (Å²) in [6.07, 6.45) is 0.938. The Balaban J connectivity index is 2.49. The number of rotatable bonds is 7. The number of urea groups is 1. The Bertz CT molecular complexity index is 379. The van der Waals surface area contributed by atoms with E-state index >= 15 is 0 Å². The van der Waals surface area contributed by atoms with Crippen molar-refractivity contribution in [1.82, 2.24) is 10.2 Å². The fourth-order valence-corrected chi connectivity index (χ4v) is 2.01. The summed E-state index contributed by atoms with van der Waals surface area (Å²) in [5.41, 5.74) is 0. The molecule has 1 rings (SSSR count). The zero-order chi connectivity index (χ0) is 15.3. The lowest BCUT2D eigenvalue weighted by Crippen LogP contribution is -2.59. The van der Waals surface area contributed by atoms with E-state index < -0.39 is 23.8 Å². The Morgan fingerprint density at radius 2 is 1.80 bits per heavy atom. The maximum absolute atomic E-state index is 12.1. The van der Waals surface area contributed by atoms with Gasteiger partial charge in [-0.25, -0.2) is 4.79 Å². The summed E-state index contributed by atoms with van der Waals surface area (Å²) in [6, 6.07) is -0.649. The largest absolute Gasteiger partial charge is 0.380 e. The van der Waals surface area contributed by atoms with Crippen LogP contribution in [-0.2, 0) is 14.3 Å². The lowest BCUT2D eigenvalue weighted by atomic mass is 9.92. The molecule has 1 saturated heterocycles. The molecule has 0 bridgehead atoms. The van der Waals surface area contributed by atoms with Gasteiger partial charge in [-0.15, -0.1) is 0 Å². The number of hydrogen-bond acceptors (Lipinski definition) is 4. The third-order valence-corrected chi connectivity index (χ3v) is 3.26. The summed E-state index contributed by atoms with van der Waals surface area (Å²) in [5.74, 6) is -1.31. The lowest BCUT2D eigenvalue weighted by Gasteiger charge is -2.31. The van der Waals surface area contributed by atoms with Gasteiger partial charge in [-0.1, -0.05) is 27.7 Å². The molecule has 1 N–H and O–H groups in total. The fourth-order valence-electron chi connectivity index (χ4n) is 2.01. The Morgan fingerprint density at radius 1 is 1.15 bits per heavy atom. The molecule has 1 atom stereocenters. The van der Waals surface area contributed by atoms with Crippen LogP contribution in [-0.4, -0.2) is 42.5 Å². The minimum absolute atomic E-state index is 0.139. The van der Waals surface area contributed by atoms with Crippen LogP contribution in [0.25, 0.3) is 0 Å². The van der Waals surface area contributed by atoms with Crippen LogP contribution < -0.4 is 5.32 Å². The second-order valence-electron chi connectivity index (χ2n) is 5.80. The van der Waals surface area contributed by atoms with Crippen LogP contribution >= 0.6 is 0 Å². The number of barbiturate groups is 1. The maximum Gasteiger partial charge on any atom is 0.330 e. The Kier molecular flexibility index (Phi) is 6.13. The fraction of sp³-hybridized carbons (Fsp3) is 0.786. The summed E-state index contributed by atoms with van der Waals surface area (Å²) < 4.78 is 5.41. The molecule has 6 nitrogen and oxygen atoms in total. The van der Waals surface area contributed by atoms with Gasteiger partial charge >= 0.3 is 6.03 Å². The molecule has 20 heavy (non-hydrogen) atoms. The number of carbonyl (C=O) groups excluding carboxylic acids is 3. The first-order chi connectivity index (χ1) is 9.34. The Morgan fingerprint density at radius 3 is 2.35 bits per heavy atom. The van der Waals surface area contributed by atoms with Gasteiger partial charge in [0.1, 0.15) is 5.92 Å². The zero-order valence-electron chi connectivity index (χ0n) is 12.6. The second-order valence-corrected chi connectivity index (χ2v) is 5.80.